The molecule has 23 heavy (non-hydrogen) atoms. The first-order chi connectivity index (χ1) is 10.9. The van der Waals surface area contributed by atoms with Gasteiger partial charge in [0.25, 0.3) is 0 Å². The summed E-state index contributed by atoms with van der Waals surface area (Å²) in [4.78, 5) is 16.7. The van der Waals surface area contributed by atoms with Gasteiger partial charge >= 0.3 is 0 Å². The zero-order chi connectivity index (χ0) is 16.9. The molecule has 1 fully saturated rings. The van der Waals surface area contributed by atoms with Crippen LogP contribution in [0.25, 0.3) is 0 Å². The summed E-state index contributed by atoms with van der Waals surface area (Å²) in [7, 11) is 0. The van der Waals surface area contributed by atoms with Gasteiger partial charge in [0.2, 0.25) is 5.91 Å². The normalized spacial score (nSPS) is 22.1. The van der Waals surface area contributed by atoms with Gasteiger partial charge in [0.1, 0.15) is 0 Å². The van der Waals surface area contributed by atoms with Crippen molar-refractivity contribution < 1.29 is 4.79 Å². The first-order valence-electron chi connectivity index (χ1n) is 9.05. The summed E-state index contributed by atoms with van der Waals surface area (Å²) in [6.45, 7) is 9.81. The molecule has 130 valence electrons. The van der Waals surface area contributed by atoms with E-state index < -0.39 is 0 Å². The number of hydrogen-bond acceptors (Lipinski definition) is 3. The third-order valence-corrected chi connectivity index (χ3v) is 6.13. The fraction of sp³-hybridized carbons (Fsp3) is 0.789. The maximum Gasteiger partial charge on any atom is 0.223 e. The maximum absolute atomic E-state index is 12.3. The topological polar surface area (TPSA) is 42.0 Å². The molecular weight excluding hydrogens is 304 g/mol. The highest BCUT2D eigenvalue weighted by atomic mass is 32.1. The molecule has 0 bridgehead atoms. The van der Waals surface area contributed by atoms with Gasteiger partial charge in [0.15, 0.2) is 0 Å². The largest absolute Gasteiger partial charge is 0.356 e. The van der Waals surface area contributed by atoms with Crippen molar-refractivity contribution in [1.29, 1.82) is 0 Å². The van der Waals surface area contributed by atoms with Gasteiger partial charge in [-0.3, -0.25) is 4.79 Å². The summed E-state index contributed by atoms with van der Waals surface area (Å²) in [5.74, 6) is 1.30. The van der Waals surface area contributed by atoms with Gasteiger partial charge in [-0.1, -0.05) is 20.8 Å². The fourth-order valence-corrected chi connectivity index (χ4v) is 4.31. The molecule has 3 nitrogen and oxygen atoms in total. The summed E-state index contributed by atoms with van der Waals surface area (Å²) >= 11 is 1.74. The van der Waals surface area contributed by atoms with Crippen LogP contribution in [0.2, 0.25) is 0 Å². The van der Waals surface area contributed by atoms with E-state index in [0.717, 1.165) is 50.3 Å². The lowest BCUT2D eigenvalue weighted by Gasteiger charge is -2.36. The highest BCUT2D eigenvalue weighted by Gasteiger charge is 2.32. The van der Waals surface area contributed by atoms with Gasteiger partial charge in [-0.25, -0.2) is 4.98 Å². The van der Waals surface area contributed by atoms with Crippen LogP contribution in [0.4, 0.5) is 0 Å². The van der Waals surface area contributed by atoms with Crippen LogP contribution in [0, 0.1) is 24.2 Å². The number of rotatable bonds is 6. The molecule has 0 unspecified atom stereocenters. The molecule has 1 aromatic rings. The Morgan fingerprint density at radius 1 is 1.26 bits per heavy atom. The molecule has 1 aliphatic carbocycles. The number of aromatic nitrogens is 1. The molecule has 0 radical (unpaired) electrons. The molecular formula is C19H32N2OS. The lowest BCUT2D eigenvalue weighted by molar-refractivity contribution is -0.126. The highest BCUT2D eigenvalue weighted by Crippen LogP contribution is 2.39. The summed E-state index contributed by atoms with van der Waals surface area (Å²) in [5.41, 5.74) is 1.50. The van der Waals surface area contributed by atoms with Crippen LogP contribution < -0.4 is 5.32 Å². The Hall–Kier alpha value is -0.900. The van der Waals surface area contributed by atoms with E-state index in [1.807, 2.05) is 6.92 Å². The van der Waals surface area contributed by atoms with Crippen molar-refractivity contribution in [3.05, 3.63) is 16.1 Å². The van der Waals surface area contributed by atoms with Crippen LogP contribution in [0.5, 0.6) is 0 Å². The standard InChI is InChI=1S/C19H32N2OS/c1-14-13-23-17(21-14)7-5-6-12-20-18(22)15-8-10-16(11-9-15)19(2,3)4/h13,15-16H,5-12H2,1-4H3,(H,20,22). The van der Waals surface area contributed by atoms with Crippen molar-refractivity contribution in [2.75, 3.05) is 6.54 Å². The smallest absolute Gasteiger partial charge is 0.223 e. The third kappa shape index (κ3) is 5.91. The molecule has 0 saturated heterocycles. The van der Waals surface area contributed by atoms with Gasteiger partial charge in [0, 0.05) is 23.5 Å². The molecule has 4 heteroatoms. The monoisotopic (exact) mass is 336 g/mol. The number of nitrogens with one attached hydrogen (secondary N) is 1. The number of nitrogens with zero attached hydrogens (tertiary/aromatic N) is 1. The predicted molar refractivity (Wildman–Crippen MR) is 97.7 cm³/mol. The molecule has 1 N–H and O–H groups in total. The molecule has 1 aromatic heterocycles. The first-order valence-corrected chi connectivity index (χ1v) is 9.93. The summed E-state index contributed by atoms with van der Waals surface area (Å²) < 4.78 is 0. The first kappa shape index (κ1) is 18.4. The van der Waals surface area contributed by atoms with E-state index in [0.29, 0.717) is 5.41 Å². The van der Waals surface area contributed by atoms with Gasteiger partial charge in [-0.05, 0) is 63.2 Å². The second-order valence-corrected chi connectivity index (χ2v) is 8.99. The fourth-order valence-electron chi connectivity index (χ4n) is 3.50. The quantitative estimate of drug-likeness (QED) is 0.762. The number of unbranched alkanes of at least 4 members (excludes halogenated alkanes) is 1. The summed E-state index contributed by atoms with van der Waals surface area (Å²) in [5, 5.41) is 6.46. The van der Waals surface area contributed by atoms with E-state index >= 15 is 0 Å². The van der Waals surface area contributed by atoms with E-state index in [-0.39, 0.29) is 11.8 Å². The Balaban J connectivity index is 1.58. The lowest BCUT2D eigenvalue weighted by Crippen LogP contribution is -2.35. The Morgan fingerprint density at radius 2 is 1.96 bits per heavy atom. The van der Waals surface area contributed by atoms with E-state index in [1.54, 1.807) is 11.3 Å². The molecule has 1 amide bonds. The van der Waals surface area contributed by atoms with Gasteiger partial charge in [-0.15, -0.1) is 11.3 Å². The second-order valence-electron chi connectivity index (χ2n) is 8.05. The summed E-state index contributed by atoms with van der Waals surface area (Å²) in [6, 6.07) is 0. The Kier molecular flexibility index (Phi) is 6.63. The Morgan fingerprint density at radius 3 is 2.52 bits per heavy atom. The molecule has 1 heterocycles. The van der Waals surface area contributed by atoms with Crippen molar-refractivity contribution in [2.45, 2.75) is 72.6 Å². The van der Waals surface area contributed by atoms with Gasteiger partial charge in [0.05, 0.1) is 5.01 Å². The Bertz CT molecular complexity index is 496. The molecule has 1 aliphatic rings. The molecule has 0 aliphatic heterocycles. The van der Waals surface area contributed by atoms with E-state index in [4.69, 9.17) is 0 Å². The number of amides is 1. The van der Waals surface area contributed by atoms with Crippen LogP contribution in [-0.4, -0.2) is 17.4 Å². The zero-order valence-electron chi connectivity index (χ0n) is 15.2. The van der Waals surface area contributed by atoms with Crippen LogP contribution >= 0.6 is 11.3 Å². The van der Waals surface area contributed by atoms with E-state index in [1.165, 1.54) is 17.8 Å². The summed E-state index contributed by atoms with van der Waals surface area (Å²) in [6.07, 6.45) is 7.70. The van der Waals surface area contributed by atoms with Crippen molar-refractivity contribution in [1.82, 2.24) is 10.3 Å². The van der Waals surface area contributed by atoms with Crippen LogP contribution in [-0.2, 0) is 11.2 Å². The third-order valence-electron chi connectivity index (χ3n) is 5.11. The van der Waals surface area contributed by atoms with Crippen LogP contribution in [0.3, 0.4) is 0 Å². The number of thiazole rings is 1. The average molecular weight is 337 g/mol. The van der Waals surface area contributed by atoms with Crippen molar-refractivity contribution in [2.24, 2.45) is 17.3 Å². The van der Waals surface area contributed by atoms with Crippen LogP contribution in [0.15, 0.2) is 5.38 Å². The molecule has 0 aromatic carbocycles. The van der Waals surface area contributed by atoms with Crippen molar-refractivity contribution in [3.8, 4) is 0 Å². The van der Waals surface area contributed by atoms with Crippen LogP contribution in [0.1, 0.15) is 70.0 Å². The minimum absolute atomic E-state index is 0.246. The second kappa shape index (κ2) is 8.27. The minimum atomic E-state index is 0.246. The molecule has 0 spiro atoms. The Labute approximate surface area is 145 Å². The number of aryl methyl sites for hydroxylation is 2. The predicted octanol–water partition coefficient (Wildman–Crippen LogP) is 4.74. The van der Waals surface area contributed by atoms with E-state index in [2.05, 4.69) is 36.5 Å². The van der Waals surface area contributed by atoms with Gasteiger partial charge < -0.3 is 5.32 Å². The molecule has 1 saturated carbocycles. The number of hydrogen-bond donors (Lipinski definition) is 1. The highest BCUT2D eigenvalue weighted by molar-refractivity contribution is 7.09. The van der Waals surface area contributed by atoms with Crippen molar-refractivity contribution >= 4 is 17.2 Å². The van der Waals surface area contributed by atoms with Gasteiger partial charge in [-0.2, -0.15) is 0 Å². The molecule has 0 atom stereocenters. The molecule has 2 rings (SSSR count). The minimum Gasteiger partial charge on any atom is -0.356 e. The number of carbonyl (C=O) groups excluding carboxylic acids is 1. The van der Waals surface area contributed by atoms with E-state index in [9.17, 15) is 4.79 Å². The van der Waals surface area contributed by atoms with Crippen molar-refractivity contribution in [3.63, 3.8) is 0 Å². The SMILES string of the molecule is Cc1csc(CCCCNC(=O)C2CCC(C(C)(C)C)CC2)n1. The number of carbonyl (C=O) groups is 1. The zero-order valence-corrected chi connectivity index (χ0v) is 16.0. The lowest BCUT2D eigenvalue weighted by atomic mass is 9.69. The maximum atomic E-state index is 12.3. The average Bonchev–Trinajstić information content (AvgIpc) is 2.91.